The van der Waals surface area contributed by atoms with E-state index in [1.54, 1.807) is 4.68 Å². The number of carbonyl (C=O) groups excluding carboxylic acids is 1. The van der Waals surface area contributed by atoms with Gasteiger partial charge in [-0.2, -0.15) is 5.10 Å². The van der Waals surface area contributed by atoms with Crippen molar-refractivity contribution in [2.75, 3.05) is 6.61 Å². The van der Waals surface area contributed by atoms with Gasteiger partial charge in [0, 0.05) is 18.2 Å². The second-order valence-corrected chi connectivity index (χ2v) is 7.81. The fraction of sp³-hybridized carbons (Fsp3) is 0.261. The first-order chi connectivity index (χ1) is 14.6. The van der Waals surface area contributed by atoms with Crippen LogP contribution >= 0.6 is 0 Å². The van der Waals surface area contributed by atoms with Gasteiger partial charge in [-0.3, -0.25) is 4.68 Å². The number of fused-ring (bicyclic) bond motifs is 3. The van der Waals surface area contributed by atoms with E-state index in [2.05, 4.69) is 34.7 Å². The molecule has 2 N–H and O–H groups in total. The van der Waals surface area contributed by atoms with Crippen LogP contribution in [0.3, 0.4) is 0 Å². The van der Waals surface area contributed by atoms with Crippen molar-refractivity contribution in [2.45, 2.75) is 30.8 Å². The van der Waals surface area contributed by atoms with Gasteiger partial charge in [0.2, 0.25) is 0 Å². The summed E-state index contributed by atoms with van der Waals surface area (Å²) in [6.07, 6.45) is 3.84. The highest BCUT2D eigenvalue weighted by Crippen LogP contribution is 2.44. The van der Waals surface area contributed by atoms with Crippen molar-refractivity contribution in [1.29, 1.82) is 0 Å². The molecule has 0 saturated heterocycles. The Morgan fingerprint density at radius 1 is 1.07 bits per heavy atom. The number of nitrogens with zero attached hydrogens (tertiary/aromatic N) is 2. The van der Waals surface area contributed by atoms with Crippen molar-refractivity contribution < 1.29 is 19.4 Å². The van der Waals surface area contributed by atoms with Crippen LogP contribution in [0, 0.1) is 0 Å². The van der Waals surface area contributed by atoms with Gasteiger partial charge in [0.25, 0.3) is 0 Å². The summed E-state index contributed by atoms with van der Waals surface area (Å²) in [6, 6.07) is 16.6. The highest BCUT2D eigenvalue weighted by atomic mass is 16.5. The molecule has 7 heteroatoms. The highest BCUT2D eigenvalue weighted by molar-refractivity contribution is 5.86. The molecule has 5 rings (SSSR count). The Bertz CT molecular complexity index is 1070. The predicted octanol–water partition coefficient (Wildman–Crippen LogP) is 3.82. The van der Waals surface area contributed by atoms with Gasteiger partial charge >= 0.3 is 12.1 Å². The average Bonchev–Trinajstić information content (AvgIpc) is 3.32. The Balaban J connectivity index is 1.16. The molecule has 3 aromatic rings. The average molecular weight is 403 g/mol. The van der Waals surface area contributed by atoms with E-state index in [4.69, 9.17) is 9.84 Å². The number of carboxylic acid groups (broad SMARTS) is 1. The molecule has 7 nitrogen and oxygen atoms in total. The van der Waals surface area contributed by atoms with Crippen LogP contribution in [0.25, 0.3) is 11.1 Å². The fourth-order valence-corrected chi connectivity index (χ4v) is 4.38. The van der Waals surface area contributed by atoms with Crippen molar-refractivity contribution in [2.24, 2.45) is 0 Å². The maximum atomic E-state index is 12.3. The zero-order valence-corrected chi connectivity index (χ0v) is 16.2. The predicted molar refractivity (Wildman–Crippen MR) is 109 cm³/mol. The summed E-state index contributed by atoms with van der Waals surface area (Å²) in [6.45, 7) is 0.289. The van der Waals surface area contributed by atoms with Crippen molar-refractivity contribution in [3.05, 3.63) is 77.6 Å². The van der Waals surface area contributed by atoms with E-state index >= 15 is 0 Å². The Hall–Kier alpha value is -3.61. The van der Waals surface area contributed by atoms with Gasteiger partial charge in [-0.1, -0.05) is 48.5 Å². The Labute approximate surface area is 173 Å². The first kappa shape index (κ1) is 18.4. The van der Waals surface area contributed by atoms with E-state index in [-0.39, 0.29) is 30.2 Å². The molecule has 2 aromatic carbocycles. The summed E-state index contributed by atoms with van der Waals surface area (Å²) in [7, 11) is 0. The van der Waals surface area contributed by atoms with Crippen LogP contribution in [0.1, 0.15) is 46.3 Å². The molecule has 0 atom stereocenters. The lowest BCUT2D eigenvalue weighted by atomic mass is 9.87. The molecule has 1 amide bonds. The maximum Gasteiger partial charge on any atom is 0.407 e. The molecule has 1 fully saturated rings. The minimum atomic E-state index is -0.992. The standard InChI is InChI=1S/C23H21N3O4/c27-22(28)14-11-24-26(12-14)16-9-15(10-16)25-23(29)30-13-21-19-7-3-1-5-17(19)18-6-2-4-8-20(18)21/h1-8,11-12,15-16,21H,9-10,13H2,(H,25,29)(H,27,28). The normalized spacial score (nSPS) is 19.5. The number of nitrogens with one attached hydrogen (secondary N) is 1. The summed E-state index contributed by atoms with van der Waals surface area (Å²) in [4.78, 5) is 23.3. The number of rotatable bonds is 5. The second-order valence-electron chi connectivity index (χ2n) is 7.81. The molecule has 0 spiro atoms. The number of carboxylic acids is 1. The van der Waals surface area contributed by atoms with Crippen LogP contribution in [-0.2, 0) is 4.74 Å². The van der Waals surface area contributed by atoms with Gasteiger partial charge < -0.3 is 15.2 Å². The van der Waals surface area contributed by atoms with Gasteiger partial charge in [0.15, 0.2) is 0 Å². The molecular formula is C23H21N3O4. The van der Waals surface area contributed by atoms with Crippen LogP contribution in [0.2, 0.25) is 0 Å². The monoisotopic (exact) mass is 403 g/mol. The van der Waals surface area contributed by atoms with Crippen LogP contribution < -0.4 is 5.32 Å². The van der Waals surface area contributed by atoms with Crippen LogP contribution in [0.4, 0.5) is 4.79 Å². The summed E-state index contributed by atoms with van der Waals surface area (Å²) in [5, 5.41) is 16.0. The van der Waals surface area contributed by atoms with E-state index in [9.17, 15) is 9.59 Å². The lowest BCUT2D eigenvalue weighted by molar-refractivity contribution is 0.0696. The van der Waals surface area contributed by atoms with Crippen molar-refractivity contribution >= 4 is 12.1 Å². The molecule has 0 radical (unpaired) electrons. The van der Waals surface area contributed by atoms with Gasteiger partial charge in [0.05, 0.1) is 17.8 Å². The SMILES string of the molecule is O=C(NC1CC(n2cc(C(=O)O)cn2)C1)OCC1c2ccccc2-c2ccccc21. The van der Waals surface area contributed by atoms with Crippen molar-refractivity contribution in [3.63, 3.8) is 0 Å². The minimum absolute atomic E-state index is 0.00290. The number of ether oxygens (including phenoxy) is 1. The number of hydrogen-bond acceptors (Lipinski definition) is 4. The summed E-state index contributed by atoms with van der Waals surface area (Å²) < 4.78 is 7.22. The van der Waals surface area contributed by atoms with Crippen molar-refractivity contribution in [3.8, 4) is 11.1 Å². The molecule has 2 aliphatic rings. The number of alkyl carbamates (subject to hydrolysis) is 1. The quantitative estimate of drug-likeness (QED) is 0.675. The summed E-state index contributed by atoms with van der Waals surface area (Å²) in [5.74, 6) is -0.954. The molecule has 30 heavy (non-hydrogen) atoms. The van der Waals surface area contributed by atoms with E-state index < -0.39 is 12.1 Å². The number of amides is 1. The number of carbonyl (C=O) groups is 2. The van der Waals surface area contributed by atoms with E-state index in [1.807, 2.05) is 24.3 Å². The van der Waals surface area contributed by atoms with Gasteiger partial charge in [0.1, 0.15) is 6.61 Å². The molecule has 0 bridgehead atoms. The topological polar surface area (TPSA) is 93.5 Å². The Kier molecular flexibility index (Phi) is 4.50. The molecule has 0 unspecified atom stereocenters. The first-order valence-corrected chi connectivity index (χ1v) is 9.99. The Morgan fingerprint density at radius 3 is 2.30 bits per heavy atom. The maximum absolute atomic E-state index is 12.3. The van der Waals surface area contributed by atoms with Gasteiger partial charge in [-0.25, -0.2) is 9.59 Å². The largest absolute Gasteiger partial charge is 0.478 e. The smallest absolute Gasteiger partial charge is 0.407 e. The Morgan fingerprint density at radius 2 is 1.70 bits per heavy atom. The first-order valence-electron chi connectivity index (χ1n) is 9.99. The minimum Gasteiger partial charge on any atom is -0.478 e. The van der Waals surface area contributed by atoms with E-state index in [1.165, 1.54) is 34.6 Å². The lowest BCUT2D eigenvalue weighted by Gasteiger charge is -2.35. The number of aromatic nitrogens is 2. The lowest BCUT2D eigenvalue weighted by Crippen LogP contribution is -2.45. The summed E-state index contributed by atoms with van der Waals surface area (Å²) in [5.41, 5.74) is 4.93. The molecule has 0 aliphatic heterocycles. The number of hydrogen-bond donors (Lipinski definition) is 2. The number of benzene rings is 2. The van der Waals surface area contributed by atoms with E-state index in [0.717, 1.165) is 0 Å². The fourth-order valence-electron chi connectivity index (χ4n) is 4.38. The summed E-state index contributed by atoms with van der Waals surface area (Å²) >= 11 is 0. The van der Waals surface area contributed by atoms with Crippen molar-refractivity contribution in [1.82, 2.24) is 15.1 Å². The molecular weight excluding hydrogens is 382 g/mol. The highest BCUT2D eigenvalue weighted by Gasteiger charge is 2.34. The molecule has 1 saturated carbocycles. The molecule has 152 valence electrons. The third-order valence-electron chi connectivity index (χ3n) is 6.00. The molecule has 1 aromatic heterocycles. The molecule has 1 heterocycles. The zero-order valence-electron chi connectivity index (χ0n) is 16.2. The third-order valence-corrected chi connectivity index (χ3v) is 6.00. The van der Waals surface area contributed by atoms with Crippen LogP contribution in [0.5, 0.6) is 0 Å². The molecule has 2 aliphatic carbocycles. The zero-order chi connectivity index (χ0) is 20.7. The van der Waals surface area contributed by atoms with Gasteiger partial charge in [-0.15, -0.1) is 0 Å². The van der Waals surface area contributed by atoms with Gasteiger partial charge in [-0.05, 0) is 35.1 Å². The van der Waals surface area contributed by atoms with Crippen LogP contribution in [-0.4, -0.2) is 39.6 Å². The van der Waals surface area contributed by atoms with Crippen LogP contribution in [0.15, 0.2) is 60.9 Å². The second kappa shape index (κ2) is 7.33. The third kappa shape index (κ3) is 3.22. The number of aromatic carboxylic acids is 1. The van der Waals surface area contributed by atoms with E-state index in [0.29, 0.717) is 12.8 Å².